The van der Waals surface area contributed by atoms with Crippen LogP contribution in [0.25, 0.3) is 22.0 Å². The second kappa shape index (κ2) is 9.98. The van der Waals surface area contributed by atoms with E-state index in [9.17, 15) is 9.90 Å². The van der Waals surface area contributed by atoms with E-state index >= 15 is 0 Å². The molecule has 0 bridgehead atoms. The van der Waals surface area contributed by atoms with Gasteiger partial charge in [-0.05, 0) is 41.5 Å². The molecule has 0 radical (unpaired) electrons. The van der Waals surface area contributed by atoms with Gasteiger partial charge in [-0.2, -0.15) is 4.57 Å². The first kappa shape index (κ1) is 25.3. The van der Waals surface area contributed by atoms with Gasteiger partial charge in [0.2, 0.25) is 12.5 Å². The number of methoxy groups -OCH3 is 1. The fourth-order valence-electron chi connectivity index (χ4n) is 5.76. The number of carbonyl (C=O) groups is 1. The lowest BCUT2D eigenvalue weighted by Gasteiger charge is -2.34. The van der Waals surface area contributed by atoms with Gasteiger partial charge in [-0.25, -0.2) is 0 Å². The lowest BCUT2D eigenvalue weighted by molar-refractivity contribution is -0.686. The van der Waals surface area contributed by atoms with Gasteiger partial charge in [-0.15, -0.1) is 0 Å². The minimum Gasteiger partial charge on any atom is -1.00 e. The highest BCUT2D eigenvalue weighted by Gasteiger charge is 2.30. The maximum Gasteiger partial charge on any atom is 0.289 e. The molecule has 1 saturated heterocycles. The number of pyridine rings is 1. The molecule has 0 spiro atoms. The number of ether oxygens (including phenoxy) is 3. The average Bonchev–Trinajstić information content (AvgIpc) is 3.65. The highest BCUT2D eigenvalue weighted by molar-refractivity contribution is 5.94. The topological polar surface area (TPSA) is 88.5 Å². The standard InChI is InChI=1S/C29H27N3O6.ClH/c1-35-27-12-19(15-30-6-8-31(9-7-30)29(34)24-3-2-10-36-24)20-13-23-21-14-26-25(37-17-38-26)11-18(21)4-5-32(23)16-22(20)28(27)33;/h2-3,10-14,16H,4-9,15,17H2,1H3;1H. The lowest BCUT2D eigenvalue weighted by atomic mass is 9.94. The monoisotopic (exact) mass is 549 g/mol. The van der Waals surface area contributed by atoms with Crippen LogP contribution in [0.4, 0.5) is 0 Å². The number of fused-ring (bicyclic) bond motifs is 5. The molecule has 3 aliphatic heterocycles. The van der Waals surface area contributed by atoms with Crippen LogP contribution in [-0.2, 0) is 19.5 Å². The Bertz CT molecular complexity index is 1560. The van der Waals surface area contributed by atoms with E-state index in [1.165, 1.54) is 11.8 Å². The maximum atomic E-state index is 12.7. The molecular formula is C29H28ClN3O6. The number of halogens is 1. The summed E-state index contributed by atoms with van der Waals surface area (Å²) in [4.78, 5) is 16.8. The second-order valence-corrected chi connectivity index (χ2v) is 9.92. The van der Waals surface area contributed by atoms with Crippen LogP contribution in [0.2, 0.25) is 0 Å². The number of benzene rings is 2. The summed E-state index contributed by atoms with van der Waals surface area (Å²) in [6.45, 7) is 4.44. The number of carbonyl (C=O) groups excluding carboxylic acids is 1. The summed E-state index contributed by atoms with van der Waals surface area (Å²) in [6.07, 6.45) is 4.42. The summed E-state index contributed by atoms with van der Waals surface area (Å²) >= 11 is 0. The number of phenols is 1. The number of piperazine rings is 1. The summed E-state index contributed by atoms with van der Waals surface area (Å²) < 4.78 is 24.3. The van der Waals surface area contributed by atoms with Gasteiger partial charge in [-0.1, -0.05) is 0 Å². The number of amides is 1. The number of hydrogen-bond donors (Lipinski definition) is 1. The molecule has 202 valence electrons. The first-order valence-corrected chi connectivity index (χ1v) is 12.8. The van der Waals surface area contributed by atoms with Gasteiger partial charge in [0.1, 0.15) is 0 Å². The molecule has 0 saturated carbocycles. The number of aromatic nitrogens is 1. The zero-order valence-electron chi connectivity index (χ0n) is 21.5. The fourth-order valence-corrected chi connectivity index (χ4v) is 5.76. The quantitative estimate of drug-likeness (QED) is 0.368. The van der Waals surface area contributed by atoms with Crippen molar-refractivity contribution >= 4 is 16.7 Å². The predicted molar refractivity (Wildman–Crippen MR) is 138 cm³/mol. The summed E-state index contributed by atoms with van der Waals surface area (Å²) in [7, 11) is 1.58. The van der Waals surface area contributed by atoms with E-state index in [0.29, 0.717) is 31.1 Å². The van der Waals surface area contributed by atoms with Gasteiger partial charge in [-0.3, -0.25) is 9.69 Å². The Hall–Kier alpha value is -3.95. The Labute approximate surface area is 231 Å². The number of phenolic OH excluding ortho intramolecular Hbond substituents is 1. The van der Waals surface area contributed by atoms with Crippen LogP contribution in [-0.4, -0.2) is 60.9 Å². The number of aryl methyl sites for hydroxylation is 2. The molecule has 1 fully saturated rings. The highest BCUT2D eigenvalue weighted by atomic mass is 35.5. The third-order valence-electron chi connectivity index (χ3n) is 7.81. The molecule has 2 aromatic carbocycles. The highest BCUT2D eigenvalue weighted by Crippen LogP contribution is 2.42. The number of aromatic hydroxyl groups is 1. The molecule has 1 amide bonds. The van der Waals surface area contributed by atoms with Crippen LogP contribution < -0.4 is 31.2 Å². The van der Waals surface area contributed by atoms with E-state index in [0.717, 1.165) is 65.1 Å². The van der Waals surface area contributed by atoms with Crippen molar-refractivity contribution in [2.45, 2.75) is 19.5 Å². The molecule has 0 atom stereocenters. The van der Waals surface area contributed by atoms with E-state index in [1.807, 2.05) is 17.2 Å². The Morgan fingerprint density at radius 1 is 1.08 bits per heavy atom. The van der Waals surface area contributed by atoms with Crippen LogP contribution in [0.15, 0.2) is 53.3 Å². The maximum absolute atomic E-state index is 12.7. The molecule has 5 heterocycles. The minimum absolute atomic E-state index is 0. The van der Waals surface area contributed by atoms with Gasteiger partial charge in [0.25, 0.3) is 5.91 Å². The van der Waals surface area contributed by atoms with Crippen molar-refractivity contribution in [1.82, 2.24) is 9.80 Å². The van der Waals surface area contributed by atoms with Crippen molar-refractivity contribution < 1.29 is 45.5 Å². The van der Waals surface area contributed by atoms with E-state index in [-0.39, 0.29) is 30.9 Å². The minimum atomic E-state index is -0.0745. The molecule has 39 heavy (non-hydrogen) atoms. The van der Waals surface area contributed by atoms with Crippen molar-refractivity contribution in [3.63, 3.8) is 0 Å². The molecule has 2 aromatic heterocycles. The Morgan fingerprint density at radius 3 is 2.62 bits per heavy atom. The first-order valence-electron chi connectivity index (χ1n) is 12.8. The van der Waals surface area contributed by atoms with Crippen LogP contribution in [0.5, 0.6) is 23.0 Å². The molecule has 10 heteroatoms. The molecule has 3 aliphatic rings. The molecule has 0 unspecified atom stereocenters. The number of furan rings is 1. The van der Waals surface area contributed by atoms with Gasteiger partial charge in [0.15, 0.2) is 41.5 Å². The van der Waals surface area contributed by atoms with Crippen molar-refractivity contribution in [1.29, 1.82) is 0 Å². The van der Waals surface area contributed by atoms with Gasteiger partial charge in [0, 0.05) is 50.6 Å². The van der Waals surface area contributed by atoms with Crippen LogP contribution >= 0.6 is 0 Å². The smallest absolute Gasteiger partial charge is 0.289 e. The Balaban J connectivity index is 0.00000277. The average molecular weight is 550 g/mol. The normalized spacial score (nSPS) is 16.0. The summed E-state index contributed by atoms with van der Waals surface area (Å²) in [5, 5.41) is 12.8. The predicted octanol–water partition coefficient (Wildman–Crippen LogP) is 0.348. The molecule has 1 N–H and O–H groups in total. The van der Waals surface area contributed by atoms with Crippen LogP contribution in [0, 0.1) is 0 Å². The van der Waals surface area contributed by atoms with E-state index in [1.54, 1.807) is 19.2 Å². The van der Waals surface area contributed by atoms with Crippen molar-refractivity contribution in [2.24, 2.45) is 0 Å². The zero-order valence-corrected chi connectivity index (χ0v) is 22.2. The van der Waals surface area contributed by atoms with E-state index in [4.69, 9.17) is 18.6 Å². The van der Waals surface area contributed by atoms with Gasteiger partial charge >= 0.3 is 0 Å². The third-order valence-corrected chi connectivity index (χ3v) is 7.81. The molecule has 4 aromatic rings. The summed E-state index contributed by atoms with van der Waals surface area (Å²) in [6, 6.07) is 11.7. The van der Waals surface area contributed by atoms with Gasteiger partial charge in [0.05, 0.1) is 24.3 Å². The third kappa shape index (κ3) is 4.31. The molecular weight excluding hydrogens is 522 g/mol. The lowest BCUT2D eigenvalue weighted by Crippen LogP contribution is -3.00. The van der Waals surface area contributed by atoms with Crippen LogP contribution in [0.1, 0.15) is 21.7 Å². The van der Waals surface area contributed by atoms with Crippen molar-refractivity contribution in [3.8, 4) is 34.3 Å². The number of rotatable bonds is 4. The Morgan fingerprint density at radius 2 is 1.87 bits per heavy atom. The van der Waals surface area contributed by atoms with Crippen LogP contribution in [0.3, 0.4) is 0 Å². The summed E-state index contributed by atoms with van der Waals surface area (Å²) in [5.41, 5.74) is 4.49. The second-order valence-electron chi connectivity index (χ2n) is 9.92. The zero-order chi connectivity index (χ0) is 25.8. The largest absolute Gasteiger partial charge is 1.00 e. The fraction of sp³-hybridized carbons (Fsp3) is 0.310. The SMILES string of the molecule is COc1cc(CN2CCN(C(=O)c3ccco3)CC2)c2cc3[n+](cc2c1O)CCc1cc2c(cc1-3)OCO2.[Cl-]. The number of nitrogens with zero attached hydrogens (tertiary/aromatic N) is 3. The van der Waals surface area contributed by atoms with E-state index < -0.39 is 0 Å². The molecule has 9 nitrogen and oxygen atoms in total. The van der Waals surface area contributed by atoms with Crippen molar-refractivity contribution in [3.05, 3.63) is 65.7 Å². The molecule has 7 rings (SSSR count). The number of hydrogen-bond acceptors (Lipinski definition) is 7. The first-order chi connectivity index (χ1) is 18.6. The van der Waals surface area contributed by atoms with Gasteiger partial charge < -0.3 is 41.0 Å². The molecule has 0 aliphatic carbocycles. The Kier molecular flexibility index (Phi) is 6.48. The van der Waals surface area contributed by atoms with Crippen molar-refractivity contribution in [2.75, 3.05) is 40.1 Å². The summed E-state index contributed by atoms with van der Waals surface area (Å²) in [5.74, 6) is 2.46. The van der Waals surface area contributed by atoms with E-state index in [2.05, 4.69) is 27.7 Å².